The van der Waals surface area contributed by atoms with Crippen molar-refractivity contribution in [3.05, 3.63) is 46.4 Å². The Morgan fingerprint density at radius 3 is 3.12 bits per heavy atom. The van der Waals surface area contributed by atoms with Gasteiger partial charge in [0.05, 0.1) is 6.04 Å². The zero-order valence-electron chi connectivity index (χ0n) is 9.34. The number of thiazole rings is 1. The number of para-hydroxylation sites is 1. The molecule has 0 aliphatic carbocycles. The second-order valence-electron chi connectivity index (χ2n) is 4.26. The molecule has 3 rings (SSSR count). The second-order valence-corrected chi connectivity index (χ2v) is 5.19. The molecule has 1 aliphatic heterocycles. The molecule has 0 amide bonds. The number of hydrogen-bond acceptors (Lipinski definition) is 4. The van der Waals surface area contributed by atoms with Gasteiger partial charge in [0.15, 0.2) is 0 Å². The molecule has 1 aliphatic rings. The number of rotatable bonds is 2. The number of aliphatic hydroxyl groups excluding tert-OH is 1. The number of nitrogens with zero attached hydrogens (tertiary/aromatic N) is 1. The number of anilines is 1. The van der Waals surface area contributed by atoms with Gasteiger partial charge in [0.25, 0.3) is 0 Å². The third kappa shape index (κ3) is 2.06. The molecule has 4 heteroatoms. The number of nitrogens with one attached hydrogen (secondary N) is 1. The Kier molecular flexibility index (Phi) is 2.82. The maximum absolute atomic E-state index is 10.2. The van der Waals surface area contributed by atoms with Crippen molar-refractivity contribution in [2.75, 3.05) is 5.32 Å². The Hall–Kier alpha value is -1.39. The van der Waals surface area contributed by atoms with Gasteiger partial charge in [0.2, 0.25) is 0 Å². The molecule has 0 radical (unpaired) electrons. The van der Waals surface area contributed by atoms with Gasteiger partial charge < -0.3 is 10.4 Å². The smallest absolute Gasteiger partial charge is 0.125 e. The minimum Gasteiger partial charge on any atom is -0.384 e. The fourth-order valence-electron chi connectivity index (χ4n) is 2.25. The summed E-state index contributed by atoms with van der Waals surface area (Å²) in [5.74, 6) is 0. The summed E-state index contributed by atoms with van der Waals surface area (Å²) in [7, 11) is 0. The fourth-order valence-corrected chi connectivity index (χ4v) is 2.94. The van der Waals surface area contributed by atoms with Gasteiger partial charge in [-0.3, -0.25) is 0 Å². The molecule has 2 aromatic rings. The van der Waals surface area contributed by atoms with Crippen molar-refractivity contribution >= 4 is 17.0 Å². The van der Waals surface area contributed by atoms with Crippen LogP contribution in [-0.4, -0.2) is 16.1 Å². The molecule has 3 nitrogen and oxygen atoms in total. The van der Waals surface area contributed by atoms with E-state index in [1.54, 1.807) is 6.20 Å². The maximum atomic E-state index is 10.2. The molecular formula is C13H14N2OS. The van der Waals surface area contributed by atoms with Gasteiger partial charge in [-0.05, 0) is 24.5 Å². The van der Waals surface area contributed by atoms with E-state index in [0.29, 0.717) is 0 Å². The molecule has 0 fully saturated rings. The molecule has 2 N–H and O–H groups in total. The van der Waals surface area contributed by atoms with Crippen LogP contribution in [0.3, 0.4) is 0 Å². The maximum Gasteiger partial charge on any atom is 0.125 e. The van der Waals surface area contributed by atoms with E-state index in [1.807, 2.05) is 11.4 Å². The highest BCUT2D eigenvalue weighted by Gasteiger charge is 2.26. The summed E-state index contributed by atoms with van der Waals surface area (Å²) < 4.78 is 0. The predicted molar refractivity (Wildman–Crippen MR) is 69.2 cm³/mol. The molecular weight excluding hydrogens is 232 g/mol. The largest absolute Gasteiger partial charge is 0.384 e. The van der Waals surface area contributed by atoms with Gasteiger partial charge in [-0.15, -0.1) is 11.3 Å². The van der Waals surface area contributed by atoms with Crippen molar-refractivity contribution in [3.8, 4) is 0 Å². The van der Waals surface area contributed by atoms with Crippen LogP contribution in [0, 0.1) is 0 Å². The van der Waals surface area contributed by atoms with Gasteiger partial charge in [-0.1, -0.05) is 18.2 Å². The van der Waals surface area contributed by atoms with E-state index in [9.17, 15) is 5.11 Å². The van der Waals surface area contributed by atoms with Crippen LogP contribution in [0.25, 0.3) is 0 Å². The van der Waals surface area contributed by atoms with E-state index in [2.05, 4.69) is 28.5 Å². The minimum atomic E-state index is -0.511. The van der Waals surface area contributed by atoms with Gasteiger partial charge in [-0.25, -0.2) is 4.98 Å². The van der Waals surface area contributed by atoms with Crippen LogP contribution in [0.2, 0.25) is 0 Å². The van der Waals surface area contributed by atoms with Crippen molar-refractivity contribution in [3.63, 3.8) is 0 Å². The third-order valence-electron chi connectivity index (χ3n) is 3.17. The van der Waals surface area contributed by atoms with E-state index in [-0.39, 0.29) is 6.04 Å². The standard InChI is InChI=1S/C13H14N2OS/c16-12(13-14-7-8-17-13)11-6-5-9-3-1-2-4-10(9)15-11/h1-4,7-8,11-12,15-16H,5-6H2. The van der Waals surface area contributed by atoms with E-state index < -0.39 is 6.10 Å². The van der Waals surface area contributed by atoms with Crippen molar-refractivity contribution in [2.24, 2.45) is 0 Å². The number of aryl methyl sites for hydroxylation is 1. The second kappa shape index (κ2) is 4.47. The van der Waals surface area contributed by atoms with Crippen LogP contribution in [-0.2, 0) is 6.42 Å². The number of benzene rings is 1. The zero-order chi connectivity index (χ0) is 11.7. The Labute approximate surface area is 104 Å². The van der Waals surface area contributed by atoms with Crippen LogP contribution in [0.15, 0.2) is 35.8 Å². The quantitative estimate of drug-likeness (QED) is 0.856. The first kappa shape index (κ1) is 10.7. The topological polar surface area (TPSA) is 45.2 Å². The normalized spacial score (nSPS) is 20.4. The molecule has 0 bridgehead atoms. The average molecular weight is 246 g/mol. The highest BCUT2D eigenvalue weighted by atomic mass is 32.1. The molecule has 2 unspecified atom stereocenters. The lowest BCUT2D eigenvalue weighted by Crippen LogP contribution is -2.31. The summed E-state index contributed by atoms with van der Waals surface area (Å²) in [6, 6.07) is 8.34. The predicted octanol–water partition coefficient (Wildman–Crippen LogP) is 2.60. The van der Waals surface area contributed by atoms with Crippen molar-refractivity contribution < 1.29 is 5.11 Å². The van der Waals surface area contributed by atoms with E-state index >= 15 is 0 Å². The molecule has 0 saturated heterocycles. The van der Waals surface area contributed by atoms with Gasteiger partial charge in [-0.2, -0.15) is 0 Å². The molecule has 88 valence electrons. The van der Waals surface area contributed by atoms with Gasteiger partial charge in [0, 0.05) is 17.3 Å². The van der Waals surface area contributed by atoms with Crippen LogP contribution < -0.4 is 5.32 Å². The van der Waals surface area contributed by atoms with Crippen LogP contribution in [0.1, 0.15) is 23.1 Å². The lowest BCUT2D eigenvalue weighted by atomic mass is 9.95. The molecule has 0 spiro atoms. The number of aromatic nitrogens is 1. The Balaban J connectivity index is 1.80. The van der Waals surface area contributed by atoms with Crippen LogP contribution in [0.4, 0.5) is 5.69 Å². The summed E-state index contributed by atoms with van der Waals surface area (Å²) >= 11 is 1.50. The molecule has 0 saturated carbocycles. The molecule has 1 aromatic heterocycles. The van der Waals surface area contributed by atoms with Crippen LogP contribution >= 0.6 is 11.3 Å². The van der Waals surface area contributed by atoms with Crippen molar-refractivity contribution in [1.29, 1.82) is 0 Å². The van der Waals surface area contributed by atoms with Gasteiger partial charge in [0.1, 0.15) is 11.1 Å². The number of aliphatic hydroxyl groups is 1. The first-order valence-corrected chi connectivity index (χ1v) is 6.64. The summed E-state index contributed by atoms with van der Waals surface area (Å²) in [6.45, 7) is 0. The summed E-state index contributed by atoms with van der Waals surface area (Å²) in [4.78, 5) is 4.18. The molecule has 2 heterocycles. The van der Waals surface area contributed by atoms with Crippen molar-refractivity contribution in [2.45, 2.75) is 25.0 Å². The van der Waals surface area contributed by atoms with Gasteiger partial charge >= 0.3 is 0 Å². The molecule has 2 atom stereocenters. The first-order valence-electron chi connectivity index (χ1n) is 5.76. The summed E-state index contributed by atoms with van der Waals surface area (Å²) in [6.07, 6.45) is 3.18. The first-order chi connectivity index (χ1) is 8.34. The third-order valence-corrected chi connectivity index (χ3v) is 4.01. The average Bonchev–Trinajstić information content (AvgIpc) is 2.91. The van der Waals surface area contributed by atoms with E-state index in [4.69, 9.17) is 0 Å². The van der Waals surface area contributed by atoms with Crippen molar-refractivity contribution in [1.82, 2.24) is 4.98 Å². The summed E-state index contributed by atoms with van der Waals surface area (Å²) in [5.41, 5.74) is 2.47. The lowest BCUT2D eigenvalue weighted by Gasteiger charge is -2.29. The SMILES string of the molecule is OC(c1nccs1)C1CCc2ccccc2N1. The Bertz CT molecular complexity index is 498. The van der Waals surface area contributed by atoms with E-state index in [0.717, 1.165) is 23.5 Å². The Morgan fingerprint density at radius 1 is 1.41 bits per heavy atom. The molecule has 1 aromatic carbocycles. The number of hydrogen-bond donors (Lipinski definition) is 2. The Morgan fingerprint density at radius 2 is 2.29 bits per heavy atom. The summed E-state index contributed by atoms with van der Waals surface area (Å²) in [5, 5.41) is 16.3. The number of fused-ring (bicyclic) bond motifs is 1. The highest BCUT2D eigenvalue weighted by Crippen LogP contribution is 2.30. The highest BCUT2D eigenvalue weighted by molar-refractivity contribution is 7.09. The minimum absolute atomic E-state index is 0.0658. The van der Waals surface area contributed by atoms with Crippen LogP contribution in [0.5, 0.6) is 0 Å². The lowest BCUT2D eigenvalue weighted by molar-refractivity contribution is 0.148. The zero-order valence-corrected chi connectivity index (χ0v) is 10.2. The van der Waals surface area contributed by atoms with E-state index in [1.165, 1.54) is 16.9 Å². The molecule has 17 heavy (non-hydrogen) atoms. The fraction of sp³-hybridized carbons (Fsp3) is 0.308. The monoisotopic (exact) mass is 246 g/mol.